The first kappa shape index (κ1) is 19.7. The number of carboxylic acids is 1. The van der Waals surface area contributed by atoms with Crippen LogP contribution in [0.1, 0.15) is 16.5 Å². The summed E-state index contributed by atoms with van der Waals surface area (Å²) in [5.41, 5.74) is 1.01. The predicted molar refractivity (Wildman–Crippen MR) is 114 cm³/mol. The number of halogens is 1. The van der Waals surface area contributed by atoms with Crippen LogP contribution in [0.5, 0.6) is 5.88 Å². The van der Waals surface area contributed by atoms with Gasteiger partial charge in [-0.1, -0.05) is 46.3 Å². The van der Waals surface area contributed by atoms with Crippen molar-refractivity contribution in [3.63, 3.8) is 0 Å². The summed E-state index contributed by atoms with van der Waals surface area (Å²) in [5, 5.41) is 21.7. The van der Waals surface area contributed by atoms with Crippen LogP contribution in [-0.2, 0) is 16.0 Å². The van der Waals surface area contributed by atoms with Gasteiger partial charge in [-0.2, -0.15) is 0 Å². The van der Waals surface area contributed by atoms with Gasteiger partial charge in [0.1, 0.15) is 10.9 Å². The highest BCUT2D eigenvalue weighted by molar-refractivity contribution is 9.10. The van der Waals surface area contributed by atoms with Gasteiger partial charge in [0.05, 0.1) is 10.9 Å². The molecule has 6 nitrogen and oxygen atoms in total. The highest BCUT2D eigenvalue weighted by Crippen LogP contribution is 2.36. The summed E-state index contributed by atoms with van der Waals surface area (Å²) in [6, 6.07) is 13.2. The zero-order valence-corrected chi connectivity index (χ0v) is 17.9. The van der Waals surface area contributed by atoms with Crippen molar-refractivity contribution in [1.82, 2.24) is 4.57 Å². The molecule has 3 aromatic rings. The van der Waals surface area contributed by atoms with Gasteiger partial charge in [-0.3, -0.25) is 9.36 Å². The van der Waals surface area contributed by atoms with E-state index in [2.05, 4.69) is 20.9 Å². The zero-order chi connectivity index (χ0) is 20.7. The number of nitrogens with zero attached hydrogens (tertiary/aromatic N) is 2. The number of thiazole rings is 1. The summed E-state index contributed by atoms with van der Waals surface area (Å²) < 4.78 is 2.12. The molecule has 1 atom stereocenters. The Morgan fingerprint density at radius 1 is 1.24 bits per heavy atom. The first-order chi connectivity index (χ1) is 13.9. The number of aromatic nitrogens is 1. The van der Waals surface area contributed by atoms with E-state index in [1.807, 2.05) is 30.3 Å². The summed E-state index contributed by atoms with van der Waals surface area (Å²) >= 11 is 9.74. The van der Waals surface area contributed by atoms with E-state index in [-0.39, 0.29) is 26.7 Å². The number of aliphatic carboxylic acids is 1. The van der Waals surface area contributed by atoms with E-state index in [0.29, 0.717) is 10.6 Å². The lowest BCUT2D eigenvalue weighted by atomic mass is 10.1. The highest BCUT2D eigenvalue weighted by Gasteiger charge is 2.30. The lowest BCUT2D eigenvalue weighted by Gasteiger charge is -2.15. The van der Waals surface area contributed by atoms with Crippen LogP contribution >= 0.6 is 39.5 Å². The molecule has 0 saturated carbocycles. The van der Waals surface area contributed by atoms with Gasteiger partial charge in [-0.15, -0.1) is 11.3 Å². The van der Waals surface area contributed by atoms with Gasteiger partial charge < -0.3 is 10.2 Å². The second kappa shape index (κ2) is 7.66. The van der Waals surface area contributed by atoms with Crippen LogP contribution in [-0.4, -0.2) is 26.7 Å². The van der Waals surface area contributed by atoms with Crippen molar-refractivity contribution < 1.29 is 19.8 Å². The van der Waals surface area contributed by atoms with Gasteiger partial charge >= 0.3 is 5.97 Å². The maximum atomic E-state index is 12.5. The number of carboxylic acid groups (broad SMARTS) is 1. The SMILES string of the molecule is O=C1N=c2ccc(Br)cc2=C1c1sc(=S)n([C@@H](Cc2ccccc2)C(=O)O)c1O. The number of hydrogen-bond acceptors (Lipinski definition) is 5. The van der Waals surface area contributed by atoms with Gasteiger partial charge in [0.2, 0.25) is 5.88 Å². The Kier molecular flexibility index (Phi) is 5.20. The second-order valence-electron chi connectivity index (χ2n) is 6.39. The average molecular weight is 489 g/mol. The summed E-state index contributed by atoms with van der Waals surface area (Å²) in [5.74, 6) is -1.96. The van der Waals surface area contributed by atoms with Crippen LogP contribution in [0.4, 0.5) is 0 Å². The monoisotopic (exact) mass is 488 g/mol. The van der Waals surface area contributed by atoms with Crippen molar-refractivity contribution in [3.8, 4) is 5.88 Å². The largest absolute Gasteiger partial charge is 0.493 e. The average Bonchev–Trinajstić information content (AvgIpc) is 3.15. The number of benzene rings is 2. The molecule has 0 radical (unpaired) electrons. The standard InChI is InChI=1S/C20H13BrN2O4S2/c21-11-6-7-13-12(9-11)15(17(24)22-13)16-18(25)23(20(28)29-16)14(19(26)27)8-10-4-2-1-3-5-10/h1-7,9,14,25H,8H2,(H,26,27)/t14-/m0/s1. The fraction of sp³-hybridized carbons (Fsp3) is 0.100. The molecule has 0 unspecified atom stereocenters. The molecule has 0 bridgehead atoms. The van der Waals surface area contributed by atoms with Gasteiger partial charge in [0, 0.05) is 16.1 Å². The van der Waals surface area contributed by atoms with Crippen molar-refractivity contribution in [3.05, 3.63) is 78.0 Å². The summed E-state index contributed by atoms with van der Waals surface area (Å²) in [6.45, 7) is 0. The van der Waals surface area contributed by atoms with Gasteiger partial charge in [-0.05, 0) is 36.0 Å². The van der Waals surface area contributed by atoms with Crippen LogP contribution in [0.2, 0.25) is 0 Å². The number of hydrogen-bond donors (Lipinski definition) is 2. The minimum Gasteiger partial charge on any atom is -0.493 e. The van der Waals surface area contributed by atoms with E-state index in [9.17, 15) is 19.8 Å². The third kappa shape index (κ3) is 3.57. The van der Waals surface area contributed by atoms with E-state index < -0.39 is 17.9 Å². The molecule has 2 aromatic carbocycles. The molecular weight excluding hydrogens is 476 g/mol. The number of fused-ring (bicyclic) bond motifs is 1. The summed E-state index contributed by atoms with van der Waals surface area (Å²) in [6.07, 6.45) is 0.143. The fourth-order valence-corrected chi connectivity index (χ4v) is 5.05. The molecule has 1 aliphatic heterocycles. The Bertz CT molecular complexity index is 1330. The Balaban J connectivity index is 1.88. The third-order valence-corrected chi connectivity index (χ3v) is 6.48. The number of aromatic hydroxyl groups is 1. The fourth-order valence-electron chi connectivity index (χ4n) is 3.25. The summed E-state index contributed by atoms with van der Waals surface area (Å²) in [7, 11) is 0. The first-order valence-electron chi connectivity index (χ1n) is 8.51. The van der Waals surface area contributed by atoms with Crippen LogP contribution in [0.25, 0.3) is 5.57 Å². The lowest BCUT2D eigenvalue weighted by molar-refractivity contribution is -0.141. The molecule has 1 aliphatic rings. The first-order valence-corrected chi connectivity index (χ1v) is 10.5. The Hall–Kier alpha value is -2.62. The van der Waals surface area contributed by atoms with Crippen LogP contribution in [0.3, 0.4) is 0 Å². The van der Waals surface area contributed by atoms with Crippen molar-refractivity contribution in [2.24, 2.45) is 4.99 Å². The predicted octanol–water partition coefficient (Wildman–Crippen LogP) is 2.97. The van der Waals surface area contributed by atoms with Gasteiger partial charge in [0.25, 0.3) is 5.91 Å². The van der Waals surface area contributed by atoms with Crippen molar-refractivity contribution >= 4 is 56.9 Å². The molecule has 2 N–H and O–H groups in total. The molecule has 146 valence electrons. The minimum absolute atomic E-state index is 0.143. The minimum atomic E-state index is -1.12. The number of rotatable bonds is 5. The zero-order valence-electron chi connectivity index (χ0n) is 14.7. The topological polar surface area (TPSA) is 91.9 Å². The molecule has 1 aromatic heterocycles. The smallest absolute Gasteiger partial charge is 0.327 e. The van der Waals surface area contributed by atoms with E-state index in [4.69, 9.17) is 12.2 Å². The van der Waals surface area contributed by atoms with Crippen molar-refractivity contribution in [2.75, 3.05) is 0 Å². The molecule has 29 heavy (non-hydrogen) atoms. The molecule has 0 fully saturated rings. The van der Waals surface area contributed by atoms with E-state index in [1.54, 1.807) is 18.2 Å². The maximum absolute atomic E-state index is 12.5. The molecule has 1 amide bonds. The van der Waals surface area contributed by atoms with Gasteiger partial charge in [0.15, 0.2) is 3.95 Å². The summed E-state index contributed by atoms with van der Waals surface area (Å²) in [4.78, 5) is 28.7. The number of amides is 1. The molecule has 9 heteroatoms. The Morgan fingerprint density at radius 2 is 1.97 bits per heavy atom. The number of carbonyl (C=O) groups is 2. The molecule has 0 spiro atoms. The molecule has 0 saturated heterocycles. The molecule has 2 heterocycles. The highest BCUT2D eigenvalue weighted by atomic mass is 79.9. The van der Waals surface area contributed by atoms with E-state index >= 15 is 0 Å². The van der Waals surface area contributed by atoms with E-state index in [0.717, 1.165) is 21.4 Å². The molecular formula is C20H13BrN2O4S2. The lowest BCUT2D eigenvalue weighted by Crippen LogP contribution is -2.23. The normalized spacial score (nSPS) is 13.8. The second-order valence-corrected chi connectivity index (χ2v) is 8.95. The molecule has 4 rings (SSSR count). The van der Waals surface area contributed by atoms with Crippen LogP contribution < -0.4 is 10.6 Å². The maximum Gasteiger partial charge on any atom is 0.327 e. The van der Waals surface area contributed by atoms with Gasteiger partial charge in [-0.25, -0.2) is 9.79 Å². The van der Waals surface area contributed by atoms with Crippen LogP contribution in [0, 0.1) is 3.95 Å². The van der Waals surface area contributed by atoms with Crippen molar-refractivity contribution in [1.29, 1.82) is 0 Å². The van der Waals surface area contributed by atoms with E-state index in [1.165, 1.54) is 4.57 Å². The number of carbonyl (C=O) groups excluding carboxylic acids is 1. The Morgan fingerprint density at radius 3 is 2.66 bits per heavy atom. The third-order valence-electron chi connectivity index (χ3n) is 4.58. The van der Waals surface area contributed by atoms with Crippen LogP contribution in [0.15, 0.2) is 58.0 Å². The van der Waals surface area contributed by atoms with Crippen molar-refractivity contribution in [2.45, 2.75) is 12.5 Å². The Labute approximate surface area is 182 Å². The molecule has 0 aliphatic carbocycles. The quantitative estimate of drug-likeness (QED) is 0.538.